The molecule has 0 radical (unpaired) electrons. The number of aliphatic carboxylic acids is 1. The van der Waals surface area contributed by atoms with E-state index in [9.17, 15) is 19.5 Å². The van der Waals surface area contributed by atoms with Crippen LogP contribution in [0.4, 0.5) is 0 Å². The van der Waals surface area contributed by atoms with Crippen molar-refractivity contribution in [3.05, 3.63) is 78.1 Å². The number of nitrogens with two attached hydrogens (primary N) is 1. The Kier molecular flexibility index (Phi) is 8.70. The lowest BCUT2D eigenvalue weighted by molar-refractivity contribution is -0.141. The highest BCUT2D eigenvalue weighted by Gasteiger charge is 2.35. The quantitative estimate of drug-likeness (QED) is 0.0968. The molecule has 5 rings (SSSR count). The van der Waals surface area contributed by atoms with Crippen molar-refractivity contribution in [3.8, 4) is 28.1 Å². The number of aromatic nitrogens is 2. The molecule has 0 bridgehead atoms. The number of hydrazine groups is 1. The second kappa shape index (κ2) is 12.8. The first-order valence-corrected chi connectivity index (χ1v) is 13.7. The largest absolute Gasteiger partial charge is 0.494 e. The van der Waals surface area contributed by atoms with Gasteiger partial charge in [0.1, 0.15) is 17.5 Å². The smallest absolute Gasteiger partial charge is 0.326 e. The number of benzene rings is 2. The maximum absolute atomic E-state index is 13.2. The van der Waals surface area contributed by atoms with Gasteiger partial charge in [0.25, 0.3) is 11.8 Å². The summed E-state index contributed by atoms with van der Waals surface area (Å²) in [5.74, 6) is 4.12. The minimum Gasteiger partial charge on any atom is -0.494 e. The van der Waals surface area contributed by atoms with Crippen LogP contribution < -0.4 is 16.0 Å². The first kappa shape index (κ1) is 28.7. The van der Waals surface area contributed by atoms with E-state index in [-0.39, 0.29) is 17.9 Å². The Labute approximate surface area is 241 Å². The van der Waals surface area contributed by atoms with Crippen LogP contribution in [0.2, 0.25) is 0 Å². The van der Waals surface area contributed by atoms with Gasteiger partial charge in [0, 0.05) is 30.3 Å². The summed E-state index contributed by atoms with van der Waals surface area (Å²) in [7, 11) is 0. The number of nitrogens with zero attached hydrogens (tertiary/aromatic N) is 3. The first-order chi connectivity index (χ1) is 20.4. The molecule has 0 aliphatic carbocycles. The highest BCUT2D eigenvalue weighted by Crippen LogP contribution is 2.29. The number of carbonyl (C=O) groups excluding carboxylic acids is 2. The maximum atomic E-state index is 13.2. The number of ether oxygens (including phenoxy) is 1. The van der Waals surface area contributed by atoms with Crippen molar-refractivity contribution in [2.45, 2.75) is 31.7 Å². The number of carboxylic acids is 1. The van der Waals surface area contributed by atoms with Crippen molar-refractivity contribution >= 4 is 28.7 Å². The lowest BCUT2D eigenvalue weighted by Crippen LogP contribution is -2.40. The summed E-state index contributed by atoms with van der Waals surface area (Å²) in [5.41, 5.74) is 6.00. The van der Waals surface area contributed by atoms with Gasteiger partial charge in [0.2, 0.25) is 0 Å². The van der Waals surface area contributed by atoms with Crippen LogP contribution in [0.3, 0.4) is 0 Å². The highest BCUT2D eigenvalue weighted by molar-refractivity contribution is 6.08. The molecule has 1 saturated heterocycles. The molecule has 3 heterocycles. The third-order valence-corrected chi connectivity index (χ3v) is 7.28. The van der Waals surface area contributed by atoms with Crippen molar-refractivity contribution in [1.29, 1.82) is 0 Å². The third-order valence-electron chi connectivity index (χ3n) is 7.28. The van der Waals surface area contributed by atoms with Gasteiger partial charge in [-0.3, -0.25) is 20.0 Å². The van der Waals surface area contributed by atoms with Crippen LogP contribution in [0.15, 0.2) is 66.9 Å². The molecule has 4 aromatic rings. The highest BCUT2D eigenvalue weighted by atomic mass is 16.5. The summed E-state index contributed by atoms with van der Waals surface area (Å²) in [6.07, 6.45) is 3.86. The Morgan fingerprint density at radius 2 is 1.69 bits per heavy atom. The zero-order chi connectivity index (χ0) is 29.6. The number of likely N-dealkylation sites (tertiary alicyclic amines) is 1. The summed E-state index contributed by atoms with van der Waals surface area (Å²) in [6, 6.07) is 17.6. The number of amides is 2. The van der Waals surface area contributed by atoms with E-state index in [0.717, 1.165) is 28.9 Å². The number of hydrogen-bond donors (Lipinski definition) is 4. The molecule has 0 spiro atoms. The molecular formula is C31H31N5O6. The molecule has 1 aliphatic rings. The summed E-state index contributed by atoms with van der Waals surface area (Å²) in [4.78, 5) is 47.7. The van der Waals surface area contributed by atoms with E-state index in [1.54, 1.807) is 6.07 Å². The second-order valence-corrected chi connectivity index (χ2v) is 9.99. The van der Waals surface area contributed by atoms with Crippen molar-refractivity contribution in [1.82, 2.24) is 20.3 Å². The number of nitrogen functional groups attached to an aromatic ring is 1. The number of hydrogen-bond acceptors (Lipinski definition) is 8. The zero-order valence-corrected chi connectivity index (χ0v) is 22.8. The van der Waals surface area contributed by atoms with Crippen LogP contribution in [0.1, 0.15) is 46.5 Å². The Balaban J connectivity index is 1.43. The Hall–Kier alpha value is -4.87. The number of rotatable bonds is 10. The van der Waals surface area contributed by atoms with E-state index < -0.39 is 23.8 Å². The molecule has 2 amide bonds. The van der Waals surface area contributed by atoms with Crippen LogP contribution in [0.25, 0.3) is 33.3 Å². The number of fused-ring (bicyclic) bond motifs is 1. The second-order valence-electron chi connectivity index (χ2n) is 9.99. The summed E-state index contributed by atoms with van der Waals surface area (Å²) in [6.45, 7) is 1.03. The monoisotopic (exact) mass is 569 g/mol. The molecular weight excluding hydrogens is 538 g/mol. The van der Waals surface area contributed by atoms with Gasteiger partial charge in [-0.05, 0) is 61.1 Å². The number of pyridine rings is 2. The molecule has 216 valence electrons. The van der Waals surface area contributed by atoms with Gasteiger partial charge in [0.15, 0.2) is 0 Å². The number of aliphatic hydroxyl groups is 1. The molecule has 1 aliphatic heterocycles. The van der Waals surface area contributed by atoms with E-state index in [1.807, 2.05) is 48.5 Å². The third kappa shape index (κ3) is 6.07. The number of carbonyl (C=O) groups is 3. The van der Waals surface area contributed by atoms with E-state index >= 15 is 0 Å². The Morgan fingerprint density at radius 1 is 1.00 bits per heavy atom. The molecule has 11 heteroatoms. The predicted molar refractivity (Wildman–Crippen MR) is 156 cm³/mol. The van der Waals surface area contributed by atoms with E-state index in [2.05, 4.69) is 10.4 Å². The number of nitrogens with one attached hydrogen (secondary N) is 1. The fourth-order valence-corrected chi connectivity index (χ4v) is 5.05. The van der Waals surface area contributed by atoms with Crippen LogP contribution in [0, 0.1) is 0 Å². The molecule has 1 atom stereocenters. The van der Waals surface area contributed by atoms with E-state index in [0.29, 0.717) is 49.0 Å². The first-order valence-electron chi connectivity index (χ1n) is 13.7. The van der Waals surface area contributed by atoms with Crippen molar-refractivity contribution < 1.29 is 29.3 Å². The summed E-state index contributed by atoms with van der Waals surface area (Å²) >= 11 is 0. The molecule has 1 fully saturated rings. The fraction of sp³-hybridized carbons (Fsp3) is 0.258. The lowest BCUT2D eigenvalue weighted by Gasteiger charge is -2.21. The predicted octanol–water partition coefficient (Wildman–Crippen LogP) is 3.41. The lowest BCUT2D eigenvalue weighted by atomic mass is 10.0. The molecule has 2 aromatic heterocycles. The van der Waals surface area contributed by atoms with Crippen molar-refractivity contribution in [2.24, 2.45) is 5.84 Å². The number of aliphatic hydroxyl groups excluding tert-OH is 1. The SMILES string of the molecule is NNC(=O)c1cc(-c2ccc(-c3ccc(OCCCCO)cc3)cc2)nc2cc(C(=O)N3CCC[C@@H]3C(=O)O)ncc12. The molecule has 5 N–H and O–H groups in total. The summed E-state index contributed by atoms with van der Waals surface area (Å²) < 4.78 is 5.70. The molecule has 11 nitrogen and oxygen atoms in total. The van der Waals surface area contributed by atoms with Gasteiger partial charge in [-0.1, -0.05) is 36.4 Å². The van der Waals surface area contributed by atoms with Gasteiger partial charge in [-0.25, -0.2) is 15.6 Å². The average Bonchev–Trinajstić information content (AvgIpc) is 3.53. The zero-order valence-electron chi connectivity index (χ0n) is 22.8. The fourth-order valence-electron chi connectivity index (χ4n) is 5.05. The molecule has 0 unspecified atom stereocenters. The average molecular weight is 570 g/mol. The number of unbranched alkanes of at least 4 members (excludes halogenated alkanes) is 1. The van der Waals surface area contributed by atoms with Crippen molar-refractivity contribution in [3.63, 3.8) is 0 Å². The Bertz CT molecular complexity index is 1610. The standard InChI is InChI=1S/C31H31N5O6/c32-35-29(38)23-16-25(21-7-5-19(6-8-21)20-9-11-22(12-10-20)42-15-2-1-14-37)34-26-17-27(33-18-24(23)26)30(39)36-13-3-4-28(36)31(40)41/h5-12,16-18,28,37H,1-4,13-15,32H2,(H,35,38)(H,40,41)/t28-/m1/s1. The van der Waals surface area contributed by atoms with Gasteiger partial charge in [-0.15, -0.1) is 0 Å². The summed E-state index contributed by atoms with van der Waals surface area (Å²) in [5, 5.41) is 18.8. The maximum Gasteiger partial charge on any atom is 0.326 e. The van der Waals surface area contributed by atoms with Crippen LogP contribution in [-0.2, 0) is 4.79 Å². The molecule has 2 aromatic carbocycles. The minimum absolute atomic E-state index is 0.0515. The number of carboxylic acid groups (broad SMARTS) is 1. The van der Waals surface area contributed by atoms with Crippen LogP contribution in [-0.4, -0.2) is 68.7 Å². The van der Waals surface area contributed by atoms with Gasteiger partial charge in [-0.2, -0.15) is 0 Å². The topological polar surface area (TPSA) is 168 Å². The van der Waals surface area contributed by atoms with Gasteiger partial charge < -0.3 is 19.8 Å². The van der Waals surface area contributed by atoms with Gasteiger partial charge in [0.05, 0.1) is 23.4 Å². The minimum atomic E-state index is -1.05. The normalized spacial score (nSPS) is 14.6. The van der Waals surface area contributed by atoms with Gasteiger partial charge >= 0.3 is 5.97 Å². The van der Waals surface area contributed by atoms with Crippen LogP contribution in [0.5, 0.6) is 5.75 Å². The van der Waals surface area contributed by atoms with Crippen molar-refractivity contribution in [2.75, 3.05) is 19.8 Å². The molecule has 0 saturated carbocycles. The molecule has 42 heavy (non-hydrogen) atoms. The van der Waals surface area contributed by atoms with Crippen LogP contribution >= 0.6 is 0 Å². The van der Waals surface area contributed by atoms with E-state index in [1.165, 1.54) is 17.2 Å². The Morgan fingerprint density at radius 3 is 2.36 bits per heavy atom. The van der Waals surface area contributed by atoms with E-state index in [4.69, 9.17) is 20.7 Å².